The van der Waals surface area contributed by atoms with Crippen molar-refractivity contribution in [3.8, 4) is 0 Å². The summed E-state index contributed by atoms with van der Waals surface area (Å²) in [7, 11) is 1.64. The second-order valence-electron chi connectivity index (χ2n) is 6.56. The number of nitrogens with two attached hydrogens (primary N) is 1. The number of rotatable bonds is 5. The second-order valence-corrected chi connectivity index (χ2v) is 6.56. The molecule has 0 saturated carbocycles. The zero-order chi connectivity index (χ0) is 16.3. The number of hydrogen-bond acceptors (Lipinski definition) is 2. The van der Waals surface area contributed by atoms with E-state index in [1.165, 1.54) is 0 Å². The van der Waals surface area contributed by atoms with Crippen LogP contribution in [0.4, 0.5) is 0 Å². The molecule has 0 aromatic heterocycles. The van der Waals surface area contributed by atoms with Crippen LogP contribution in [0.15, 0.2) is 29.3 Å². The molecule has 5 heteroatoms. The summed E-state index contributed by atoms with van der Waals surface area (Å²) in [6, 6.07) is 7.07. The third-order valence-electron chi connectivity index (χ3n) is 3.48. The van der Waals surface area contributed by atoms with Crippen LogP contribution in [0.2, 0.25) is 0 Å². The van der Waals surface area contributed by atoms with Crippen LogP contribution in [0.25, 0.3) is 0 Å². The topological polar surface area (TPSA) is 87.7 Å². The molecule has 0 heterocycles. The van der Waals surface area contributed by atoms with E-state index in [0.29, 0.717) is 11.5 Å². The van der Waals surface area contributed by atoms with Gasteiger partial charge in [0.1, 0.15) is 0 Å². The Hall–Kier alpha value is -2.04. The average Bonchev–Trinajstić information content (AvgIpc) is 2.36. The molecule has 1 aromatic rings. The van der Waals surface area contributed by atoms with E-state index in [4.69, 9.17) is 10.8 Å². The number of carboxylic acids is 1. The third kappa shape index (κ3) is 4.77. The van der Waals surface area contributed by atoms with E-state index < -0.39 is 5.97 Å². The second kappa shape index (κ2) is 6.16. The Kier molecular flexibility index (Phi) is 4.99. The minimum atomic E-state index is -0.910. The number of benzene rings is 1. The minimum absolute atomic E-state index is 0.198. The van der Waals surface area contributed by atoms with Crippen molar-refractivity contribution in [2.24, 2.45) is 10.7 Å². The van der Waals surface area contributed by atoms with Crippen molar-refractivity contribution in [3.63, 3.8) is 0 Å². The summed E-state index contributed by atoms with van der Waals surface area (Å²) in [6.07, 6.45) is 0.777. The molecule has 21 heavy (non-hydrogen) atoms. The lowest BCUT2D eigenvalue weighted by Gasteiger charge is -2.36. The van der Waals surface area contributed by atoms with E-state index >= 15 is 0 Å². The van der Waals surface area contributed by atoms with Gasteiger partial charge in [-0.15, -0.1) is 0 Å². The summed E-state index contributed by atoms with van der Waals surface area (Å²) >= 11 is 0. The summed E-state index contributed by atoms with van der Waals surface area (Å²) < 4.78 is 0. The number of carbonyl (C=O) groups is 1. The summed E-state index contributed by atoms with van der Waals surface area (Å²) in [5.41, 5.74) is 6.58. The van der Waals surface area contributed by atoms with E-state index in [0.717, 1.165) is 12.0 Å². The van der Waals surface area contributed by atoms with Gasteiger partial charge in [0.05, 0.1) is 5.56 Å². The fourth-order valence-electron chi connectivity index (χ4n) is 2.73. The molecule has 0 unspecified atom stereocenters. The van der Waals surface area contributed by atoms with Crippen molar-refractivity contribution in [3.05, 3.63) is 35.4 Å². The first-order chi connectivity index (χ1) is 9.57. The van der Waals surface area contributed by atoms with Crippen molar-refractivity contribution in [2.45, 2.75) is 45.1 Å². The zero-order valence-electron chi connectivity index (χ0n) is 13.4. The Morgan fingerprint density at radius 2 is 1.95 bits per heavy atom. The molecule has 1 rings (SSSR count). The van der Waals surface area contributed by atoms with Gasteiger partial charge in [-0.05, 0) is 43.4 Å². The van der Waals surface area contributed by atoms with Crippen molar-refractivity contribution < 1.29 is 9.90 Å². The molecule has 4 N–H and O–H groups in total. The van der Waals surface area contributed by atoms with Crippen LogP contribution in [-0.2, 0) is 5.41 Å². The highest BCUT2D eigenvalue weighted by Crippen LogP contribution is 2.32. The van der Waals surface area contributed by atoms with Crippen molar-refractivity contribution in [1.82, 2.24) is 5.32 Å². The number of aliphatic imine (C=N–C) groups is 1. The van der Waals surface area contributed by atoms with Gasteiger partial charge < -0.3 is 16.2 Å². The standard InChI is InChI=1S/C16H25N3O2/c1-15(2,10-16(3,4)19-14(17)18-5)12-8-6-7-11(9-12)13(20)21/h6-9H,10H2,1-5H3,(H,20,21)(H3,17,18,19). The molecule has 0 bridgehead atoms. The molecule has 0 aliphatic rings. The van der Waals surface area contributed by atoms with Gasteiger partial charge in [-0.3, -0.25) is 4.99 Å². The molecule has 0 spiro atoms. The van der Waals surface area contributed by atoms with Gasteiger partial charge in [0.2, 0.25) is 0 Å². The smallest absolute Gasteiger partial charge is 0.335 e. The van der Waals surface area contributed by atoms with E-state index in [2.05, 4.69) is 24.2 Å². The predicted octanol–water partition coefficient (Wildman–Crippen LogP) is 2.37. The largest absolute Gasteiger partial charge is 0.478 e. The third-order valence-corrected chi connectivity index (χ3v) is 3.48. The van der Waals surface area contributed by atoms with Crippen molar-refractivity contribution >= 4 is 11.9 Å². The lowest BCUT2D eigenvalue weighted by molar-refractivity contribution is 0.0696. The van der Waals surface area contributed by atoms with E-state index in [1.807, 2.05) is 19.9 Å². The van der Waals surface area contributed by atoms with Gasteiger partial charge in [0.25, 0.3) is 0 Å². The van der Waals surface area contributed by atoms with E-state index in [-0.39, 0.29) is 11.0 Å². The maximum Gasteiger partial charge on any atom is 0.335 e. The van der Waals surface area contributed by atoms with Crippen LogP contribution in [0, 0.1) is 0 Å². The molecule has 116 valence electrons. The highest BCUT2D eigenvalue weighted by molar-refractivity contribution is 5.87. The average molecular weight is 291 g/mol. The fraction of sp³-hybridized carbons (Fsp3) is 0.500. The highest BCUT2D eigenvalue weighted by atomic mass is 16.4. The minimum Gasteiger partial charge on any atom is -0.478 e. The molecule has 0 radical (unpaired) electrons. The maximum atomic E-state index is 11.1. The Bertz CT molecular complexity index is 548. The normalized spacial score (nSPS) is 13.1. The molecule has 1 aromatic carbocycles. The van der Waals surface area contributed by atoms with E-state index in [9.17, 15) is 4.79 Å². The molecule has 0 amide bonds. The fourth-order valence-corrected chi connectivity index (χ4v) is 2.73. The SMILES string of the molecule is CN=C(N)NC(C)(C)CC(C)(C)c1cccc(C(=O)O)c1. The number of nitrogens with zero attached hydrogens (tertiary/aromatic N) is 1. The van der Waals surface area contributed by atoms with Gasteiger partial charge >= 0.3 is 5.97 Å². The van der Waals surface area contributed by atoms with Crippen LogP contribution in [0.3, 0.4) is 0 Å². The van der Waals surface area contributed by atoms with Crippen LogP contribution in [-0.4, -0.2) is 29.6 Å². The van der Waals surface area contributed by atoms with Gasteiger partial charge in [0, 0.05) is 12.6 Å². The Labute approximate surface area is 126 Å². The van der Waals surface area contributed by atoms with Crippen LogP contribution >= 0.6 is 0 Å². The Morgan fingerprint density at radius 1 is 1.33 bits per heavy atom. The van der Waals surface area contributed by atoms with Crippen molar-refractivity contribution in [1.29, 1.82) is 0 Å². The zero-order valence-corrected chi connectivity index (χ0v) is 13.4. The number of guanidine groups is 1. The maximum absolute atomic E-state index is 11.1. The van der Waals surface area contributed by atoms with Gasteiger partial charge in [-0.2, -0.15) is 0 Å². The number of carboxylic acid groups (broad SMARTS) is 1. The monoisotopic (exact) mass is 291 g/mol. The van der Waals surface area contributed by atoms with Crippen LogP contribution in [0.5, 0.6) is 0 Å². The molecular weight excluding hydrogens is 266 g/mol. The first-order valence-corrected chi connectivity index (χ1v) is 6.92. The summed E-state index contributed by atoms with van der Waals surface area (Å²) in [6.45, 7) is 8.29. The molecule has 5 nitrogen and oxygen atoms in total. The molecule has 0 aliphatic carbocycles. The van der Waals surface area contributed by atoms with Gasteiger partial charge in [-0.1, -0.05) is 26.0 Å². The number of nitrogens with one attached hydrogen (secondary N) is 1. The molecule has 0 aliphatic heterocycles. The Balaban J connectivity index is 3.00. The number of aromatic carboxylic acids is 1. The van der Waals surface area contributed by atoms with Gasteiger partial charge in [-0.25, -0.2) is 4.79 Å². The van der Waals surface area contributed by atoms with E-state index in [1.54, 1.807) is 25.2 Å². The van der Waals surface area contributed by atoms with Crippen LogP contribution < -0.4 is 11.1 Å². The molecular formula is C16H25N3O2. The predicted molar refractivity (Wildman–Crippen MR) is 85.8 cm³/mol. The quantitative estimate of drug-likeness (QED) is 0.574. The highest BCUT2D eigenvalue weighted by Gasteiger charge is 2.31. The van der Waals surface area contributed by atoms with Crippen molar-refractivity contribution in [2.75, 3.05) is 7.05 Å². The first kappa shape index (κ1) is 17.0. The summed E-state index contributed by atoms with van der Waals surface area (Å²) in [4.78, 5) is 15.0. The van der Waals surface area contributed by atoms with Gasteiger partial charge in [0.15, 0.2) is 5.96 Å². The summed E-state index contributed by atoms with van der Waals surface area (Å²) in [5.74, 6) is -0.512. The molecule has 0 fully saturated rings. The molecule has 0 saturated heterocycles. The lowest BCUT2D eigenvalue weighted by Crippen LogP contribution is -2.50. The molecule has 0 atom stereocenters. The summed E-state index contributed by atoms with van der Waals surface area (Å²) in [5, 5.41) is 12.3. The Morgan fingerprint density at radius 3 is 2.48 bits per heavy atom. The lowest BCUT2D eigenvalue weighted by atomic mass is 9.75. The number of hydrogen-bond donors (Lipinski definition) is 3. The van der Waals surface area contributed by atoms with Crippen LogP contribution in [0.1, 0.15) is 50.0 Å². The first-order valence-electron chi connectivity index (χ1n) is 6.92.